The van der Waals surface area contributed by atoms with Gasteiger partial charge >= 0.3 is 5.97 Å². The maximum Gasteiger partial charge on any atom is 0.307 e. The molecule has 22 heavy (non-hydrogen) atoms. The molecule has 1 saturated heterocycles. The Bertz CT molecular complexity index is 517. The highest BCUT2D eigenvalue weighted by molar-refractivity contribution is 7.98. The molecule has 0 bridgehead atoms. The number of rotatable bonds is 6. The van der Waals surface area contributed by atoms with Gasteiger partial charge in [-0.15, -0.1) is 11.8 Å². The number of esters is 1. The van der Waals surface area contributed by atoms with Gasteiger partial charge in [-0.1, -0.05) is 12.1 Å². The van der Waals surface area contributed by atoms with Crippen molar-refractivity contribution < 1.29 is 14.3 Å². The highest BCUT2D eigenvalue weighted by Gasteiger charge is 2.26. The van der Waals surface area contributed by atoms with Gasteiger partial charge in [0, 0.05) is 11.4 Å². The normalized spacial score (nSPS) is 18.7. The number of ether oxygens (including phenoxy) is 1. The zero-order valence-corrected chi connectivity index (χ0v) is 13.3. The van der Waals surface area contributed by atoms with Crippen molar-refractivity contribution in [2.75, 3.05) is 19.9 Å². The first kappa shape index (κ1) is 16.8. The van der Waals surface area contributed by atoms with Crippen molar-refractivity contribution in [3.63, 3.8) is 0 Å². The Morgan fingerprint density at radius 2 is 2.14 bits per heavy atom. The molecule has 120 valence electrons. The second-order valence-electron chi connectivity index (χ2n) is 4.82. The number of carbonyl (C=O) groups excluding carboxylic acids is 2. The predicted octanol–water partition coefficient (Wildman–Crippen LogP) is 0.110. The van der Waals surface area contributed by atoms with E-state index in [0.29, 0.717) is 6.54 Å². The zero-order chi connectivity index (χ0) is 15.9. The van der Waals surface area contributed by atoms with Crippen molar-refractivity contribution >= 4 is 23.6 Å². The first-order valence-electron chi connectivity index (χ1n) is 6.88. The summed E-state index contributed by atoms with van der Waals surface area (Å²) in [5, 5.41) is 2.89. The van der Waals surface area contributed by atoms with Gasteiger partial charge < -0.3 is 10.1 Å². The van der Waals surface area contributed by atoms with Crippen LogP contribution in [0.15, 0.2) is 29.2 Å². The Balaban J connectivity index is 2.10. The van der Waals surface area contributed by atoms with E-state index in [1.807, 2.05) is 30.5 Å². The summed E-state index contributed by atoms with van der Waals surface area (Å²) in [6.07, 6.45) is 2.09. The Morgan fingerprint density at radius 1 is 1.41 bits per heavy atom. The second kappa shape index (κ2) is 8.14. The number of methoxy groups -OCH3 is 1. The van der Waals surface area contributed by atoms with Crippen molar-refractivity contribution in [1.82, 2.24) is 21.7 Å². The van der Waals surface area contributed by atoms with Crippen LogP contribution in [0.2, 0.25) is 0 Å². The molecule has 1 amide bonds. The lowest BCUT2D eigenvalue weighted by atomic mass is 10.0. The van der Waals surface area contributed by atoms with E-state index >= 15 is 0 Å². The lowest BCUT2D eigenvalue weighted by Crippen LogP contribution is -2.45. The first-order valence-corrected chi connectivity index (χ1v) is 8.11. The fourth-order valence-corrected chi connectivity index (χ4v) is 2.52. The van der Waals surface area contributed by atoms with Gasteiger partial charge in [-0.2, -0.15) is 5.53 Å². The van der Waals surface area contributed by atoms with Gasteiger partial charge in [-0.3, -0.25) is 9.59 Å². The molecule has 1 aromatic rings. The van der Waals surface area contributed by atoms with Gasteiger partial charge in [-0.05, 0) is 24.0 Å². The number of carbonyl (C=O) groups is 2. The monoisotopic (exact) mass is 324 g/mol. The van der Waals surface area contributed by atoms with E-state index in [0.717, 1.165) is 10.5 Å². The number of hydrazine groups is 2. The second-order valence-corrected chi connectivity index (χ2v) is 5.70. The van der Waals surface area contributed by atoms with Crippen LogP contribution in [-0.4, -0.2) is 37.8 Å². The maximum absolute atomic E-state index is 12.2. The van der Waals surface area contributed by atoms with E-state index in [-0.39, 0.29) is 24.3 Å². The van der Waals surface area contributed by atoms with E-state index < -0.39 is 6.04 Å². The fraction of sp³-hybridized carbons (Fsp3) is 0.429. The van der Waals surface area contributed by atoms with E-state index in [1.165, 1.54) is 7.11 Å². The molecule has 1 aliphatic rings. The van der Waals surface area contributed by atoms with Crippen LogP contribution in [0.25, 0.3) is 0 Å². The molecular formula is C14H20N4O3S. The molecule has 2 atom stereocenters. The standard InChI is InChI=1S/C14H20N4O3S/c1-21-13(19)7-11(9-3-5-10(22-2)6-4-9)16-14(20)12-8-15-18-17-12/h3-6,11-12,15,17-18H,7-8H2,1-2H3,(H,16,20). The SMILES string of the molecule is COC(=O)CC(NC(=O)C1CNNN1)c1ccc(SC)cc1. The third-order valence-electron chi connectivity index (χ3n) is 3.39. The summed E-state index contributed by atoms with van der Waals surface area (Å²) in [7, 11) is 1.34. The van der Waals surface area contributed by atoms with Crippen LogP contribution >= 0.6 is 11.8 Å². The van der Waals surface area contributed by atoms with E-state index in [9.17, 15) is 9.59 Å². The van der Waals surface area contributed by atoms with Crippen LogP contribution in [0.4, 0.5) is 0 Å². The van der Waals surface area contributed by atoms with Crippen molar-refractivity contribution in [2.45, 2.75) is 23.4 Å². The van der Waals surface area contributed by atoms with Gasteiger partial charge in [-0.25, -0.2) is 10.9 Å². The fourth-order valence-electron chi connectivity index (χ4n) is 2.11. The topological polar surface area (TPSA) is 91.5 Å². The zero-order valence-electron chi connectivity index (χ0n) is 12.5. The van der Waals surface area contributed by atoms with Gasteiger partial charge in [0.15, 0.2) is 0 Å². The van der Waals surface area contributed by atoms with Crippen molar-refractivity contribution in [1.29, 1.82) is 0 Å². The van der Waals surface area contributed by atoms with E-state index in [1.54, 1.807) is 11.8 Å². The molecule has 1 fully saturated rings. The summed E-state index contributed by atoms with van der Waals surface area (Å²) in [6, 6.07) is 6.96. The molecule has 2 unspecified atom stereocenters. The largest absolute Gasteiger partial charge is 0.469 e. The van der Waals surface area contributed by atoms with Crippen LogP contribution < -0.4 is 21.7 Å². The Hall–Kier alpha value is -1.61. The quantitative estimate of drug-likeness (QED) is 0.436. The molecule has 1 aromatic carbocycles. The third-order valence-corrected chi connectivity index (χ3v) is 4.13. The number of hydrogen-bond acceptors (Lipinski definition) is 7. The predicted molar refractivity (Wildman–Crippen MR) is 83.8 cm³/mol. The van der Waals surface area contributed by atoms with Crippen LogP contribution in [0.5, 0.6) is 0 Å². The average molecular weight is 324 g/mol. The highest BCUT2D eigenvalue weighted by Crippen LogP contribution is 2.21. The molecular weight excluding hydrogens is 304 g/mol. The summed E-state index contributed by atoms with van der Waals surface area (Å²) in [4.78, 5) is 24.9. The molecule has 7 nitrogen and oxygen atoms in total. The van der Waals surface area contributed by atoms with Crippen molar-refractivity contribution in [2.24, 2.45) is 0 Å². The highest BCUT2D eigenvalue weighted by atomic mass is 32.2. The summed E-state index contributed by atoms with van der Waals surface area (Å²) >= 11 is 1.64. The minimum atomic E-state index is -0.418. The summed E-state index contributed by atoms with van der Waals surface area (Å²) in [5.41, 5.74) is 9.17. The molecule has 4 N–H and O–H groups in total. The van der Waals surface area contributed by atoms with Crippen molar-refractivity contribution in [3.8, 4) is 0 Å². The van der Waals surface area contributed by atoms with E-state index in [2.05, 4.69) is 21.7 Å². The maximum atomic E-state index is 12.2. The molecule has 1 heterocycles. The van der Waals surface area contributed by atoms with Gasteiger partial charge in [0.2, 0.25) is 5.91 Å². The van der Waals surface area contributed by atoms with Crippen LogP contribution in [0, 0.1) is 0 Å². The molecule has 0 aromatic heterocycles. The number of hydrogen-bond donors (Lipinski definition) is 4. The summed E-state index contributed by atoms with van der Waals surface area (Å²) in [5.74, 6) is -0.546. The number of thioether (sulfide) groups is 1. The van der Waals surface area contributed by atoms with Crippen LogP contribution in [-0.2, 0) is 14.3 Å². The molecule has 0 saturated carbocycles. The summed E-state index contributed by atoms with van der Waals surface area (Å²) in [6.45, 7) is 0.474. The lowest BCUT2D eigenvalue weighted by Gasteiger charge is -2.20. The van der Waals surface area contributed by atoms with Gasteiger partial charge in [0.1, 0.15) is 6.04 Å². The first-order chi connectivity index (χ1) is 10.6. The lowest BCUT2D eigenvalue weighted by molar-refractivity contribution is -0.141. The smallest absolute Gasteiger partial charge is 0.307 e. The molecule has 0 aliphatic carbocycles. The third kappa shape index (κ3) is 4.44. The van der Waals surface area contributed by atoms with E-state index in [4.69, 9.17) is 4.74 Å². The average Bonchev–Trinajstić information content (AvgIpc) is 3.08. The number of benzene rings is 1. The molecule has 8 heteroatoms. The van der Waals surface area contributed by atoms with Crippen LogP contribution in [0.3, 0.4) is 0 Å². The molecule has 1 aliphatic heterocycles. The summed E-state index contributed by atoms with van der Waals surface area (Å²) < 4.78 is 4.72. The molecule has 0 spiro atoms. The van der Waals surface area contributed by atoms with Crippen molar-refractivity contribution in [3.05, 3.63) is 29.8 Å². The van der Waals surface area contributed by atoms with Gasteiger partial charge in [0.05, 0.1) is 19.6 Å². The van der Waals surface area contributed by atoms with Crippen LogP contribution in [0.1, 0.15) is 18.0 Å². The van der Waals surface area contributed by atoms with Gasteiger partial charge in [0.25, 0.3) is 0 Å². The number of amides is 1. The Labute approximate surface area is 133 Å². The minimum absolute atomic E-state index is 0.0917. The Morgan fingerprint density at radius 3 is 2.68 bits per heavy atom. The Kier molecular flexibility index (Phi) is 6.20. The molecule has 2 rings (SSSR count). The molecule has 0 radical (unpaired) electrons. The minimum Gasteiger partial charge on any atom is -0.469 e. The number of nitrogens with one attached hydrogen (secondary N) is 4.